The number of rotatable bonds is 10. The topological polar surface area (TPSA) is 80.2 Å². The third-order valence-corrected chi connectivity index (χ3v) is 5.18. The number of nitrogens with one attached hydrogen (secondary N) is 1. The minimum absolute atomic E-state index is 0.0638. The van der Waals surface area contributed by atoms with E-state index in [0.717, 1.165) is 15.6 Å². The predicted molar refractivity (Wildman–Crippen MR) is 116 cm³/mol. The largest absolute Gasteiger partial charge is 0.494 e. The van der Waals surface area contributed by atoms with Crippen molar-refractivity contribution >= 4 is 27.7 Å². The van der Waals surface area contributed by atoms with Crippen LogP contribution in [-0.4, -0.2) is 55.5 Å². The minimum Gasteiger partial charge on any atom is -0.494 e. The Morgan fingerprint density at radius 3 is 2.63 bits per heavy atom. The van der Waals surface area contributed by atoms with Crippen molar-refractivity contribution in [2.24, 2.45) is 4.99 Å². The van der Waals surface area contributed by atoms with E-state index in [-0.39, 0.29) is 25.7 Å². The maximum atomic E-state index is 12.9. The van der Waals surface area contributed by atoms with Gasteiger partial charge in [0.1, 0.15) is 19.0 Å². The second-order valence-corrected chi connectivity index (χ2v) is 7.85. The number of aliphatic hydroxyl groups excluding tert-OH is 1. The van der Waals surface area contributed by atoms with Crippen molar-refractivity contribution in [1.82, 2.24) is 5.32 Å². The predicted octanol–water partition coefficient (Wildman–Crippen LogP) is 3.05. The lowest BCUT2D eigenvalue weighted by molar-refractivity contribution is -0.126. The van der Waals surface area contributed by atoms with Gasteiger partial charge in [-0.2, -0.15) is 0 Å². The van der Waals surface area contributed by atoms with E-state index in [9.17, 15) is 9.18 Å². The average Bonchev–Trinajstić information content (AvgIpc) is 3.19. The van der Waals surface area contributed by atoms with Crippen LogP contribution in [0.2, 0.25) is 0 Å². The van der Waals surface area contributed by atoms with Gasteiger partial charge in [0, 0.05) is 36.0 Å². The molecule has 0 bridgehead atoms. The molecule has 0 unspecified atom stereocenters. The maximum Gasteiger partial charge on any atom is 0.252 e. The van der Waals surface area contributed by atoms with Crippen molar-refractivity contribution in [2.45, 2.75) is 18.4 Å². The number of amides is 1. The molecule has 0 spiro atoms. The lowest BCUT2D eigenvalue weighted by Crippen LogP contribution is -2.49. The summed E-state index contributed by atoms with van der Waals surface area (Å²) < 4.78 is 24.9. The van der Waals surface area contributed by atoms with Crippen molar-refractivity contribution < 1.29 is 23.8 Å². The summed E-state index contributed by atoms with van der Waals surface area (Å²) in [6.07, 6.45) is 0.897. The van der Waals surface area contributed by atoms with Crippen molar-refractivity contribution in [1.29, 1.82) is 0 Å². The molecule has 0 fully saturated rings. The second-order valence-electron chi connectivity index (χ2n) is 6.94. The number of nitrogens with zero attached hydrogens (tertiary/aromatic N) is 1. The summed E-state index contributed by atoms with van der Waals surface area (Å²) in [5.41, 5.74) is 0.490. The van der Waals surface area contributed by atoms with Gasteiger partial charge in [-0.05, 0) is 42.0 Å². The van der Waals surface area contributed by atoms with Gasteiger partial charge in [-0.15, -0.1) is 0 Å². The van der Waals surface area contributed by atoms with Gasteiger partial charge in [0.05, 0.1) is 6.61 Å². The molecule has 0 saturated heterocycles. The number of halogens is 2. The number of ether oxygens (including phenoxy) is 2. The van der Waals surface area contributed by atoms with Crippen LogP contribution < -0.4 is 10.1 Å². The van der Waals surface area contributed by atoms with Crippen molar-refractivity contribution in [2.75, 3.05) is 33.0 Å². The lowest BCUT2D eigenvalue weighted by atomic mass is 9.91. The number of aliphatic imine (C=N–C) groups is 1. The van der Waals surface area contributed by atoms with Crippen LogP contribution in [0, 0.1) is 0 Å². The molecule has 1 heterocycles. The first-order chi connectivity index (χ1) is 14.6. The highest BCUT2D eigenvalue weighted by atomic mass is 79.9. The SMILES string of the molecule is O=C(NCCF)[C@@]1(Cc2ccc(Br)cc2)COC(c2ccc(OCCCO)cc2)=N1. The Hall–Kier alpha value is -2.45. The molecule has 6 nitrogen and oxygen atoms in total. The van der Waals surface area contributed by atoms with Gasteiger partial charge in [0.2, 0.25) is 5.90 Å². The molecule has 2 N–H and O–H groups in total. The number of benzene rings is 2. The Kier molecular flexibility index (Phi) is 7.81. The summed E-state index contributed by atoms with van der Waals surface area (Å²) in [5.74, 6) is 0.680. The van der Waals surface area contributed by atoms with Crippen LogP contribution in [0.15, 0.2) is 58.0 Å². The number of carbonyl (C=O) groups excluding carboxylic acids is 1. The van der Waals surface area contributed by atoms with Gasteiger partial charge in [-0.3, -0.25) is 4.79 Å². The maximum absolute atomic E-state index is 12.9. The fraction of sp³-hybridized carbons (Fsp3) is 0.364. The van der Waals surface area contributed by atoms with E-state index < -0.39 is 12.2 Å². The van der Waals surface area contributed by atoms with Crippen molar-refractivity contribution in [3.8, 4) is 5.75 Å². The Morgan fingerprint density at radius 1 is 1.23 bits per heavy atom. The van der Waals surface area contributed by atoms with E-state index in [2.05, 4.69) is 26.2 Å². The minimum atomic E-state index is -1.16. The molecule has 30 heavy (non-hydrogen) atoms. The molecule has 2 aromatic carbocycles. The highest BCUT2D eigenvalue weighted by molar-refractivity contribution is 9.10. The number of hydrogen-bond acceptors (Lipinski definition) is 5. The molecule has 1 amide bonds. The van der Waals surface area contributed by atoms with E-state index >= 15 is 0 Å². The van der Waals surface area contributed by atoms with Crippen molar-refractivity contribution in [3.63, 3.8) is 0 Å². The zero-order valence-electron chi connectivity index (χ0n) is 16.4. The van der Waals surface area contributed by atoms with Gasteiger partial charge in [0.25, 0.3) is 5.91 Å². The van der Waals surface area contributed by atoms with Gasteiger partial charge < -0.3 is 19.9 Å². The molecule has 1 aliphatic heterocycles. The Bertz CT molecular complexity index is 874. The molecular weight excluding hydrogens is 455 g/mol. The van der Waals surface area contributed by atoms with Crippen LogP contribution in [-0.2, 0) is 16.0 Å². The van der Waals surface area contributed by atoms with Gasteiger partial charge in [-0.1, -0.05) is 28.1 Å². The zero-order valence-corrected chi connectivity index (χ0v) is 18.0. The Labute approximate surface area is 183 Å². The van der Waals surface area contributed by atoms with Crippen LogP contribution >= 0.6 is 15.9 Å². The molecule has 8 heteroatoms. The summed E-state index contributed by atoms with van der Waals surface area (Å²) in [5, 5.41) is 11.4. The van der Waals surface area contributed by atoms with E-state index in [1.54, 1.807) is 12.1 Å². The van der Waals surface area contributed by atoms with E-state index in [4.69, 9.17) is 14.6 Å². The number of alkyl halides is 1. The highest BCUT2D eigenvalue weighted by Crippen LogP contribution is 2.28. The van der Waals surface area contributed by atoms with Gasteiger partial charge in [0.15, 0.2) is 5.54 Å². The fourth-order valence-electron chi connectivity index (χ4n) is 3.10. The first-order valence-corrected chi connectivity index (χ1v) is 10.5. The molecule has 2 aromatic rings. The quantitative estimate of drug-likeness (QED) is 0.514. The summed E-state index contributed by atoms with van der Waals surface area (Å²) in [6, 6.07) is 14.8. The first-order valence-electron chi connectivity index (χ1n) is 9.72. The molecule has 0 aliphatic carbocycles. The third-order valence-electron chi connectivity index (χ3n) is 4.65. The summed E-state index contributed by atoms with van der Waals surface area (Å²) in [7, 11) is 0. The highest BCUT2D eigenvalue weighted by Gasteiger charge is 2.44. The lowest BCUT2D eigenvalue weighted by Gasteiger charge is -2.23. The van der Waals surface area contributed by atoms with E-state index in [0.29, 0.717) is 31.1 Å². The van der Waals surface area contributed by atoms with Crippen LogP contribution in [0.25, 0.3) is 0 Å². The first kappa shape index (κ1) is 22.2. The van der Waals surface area contributed by atoms with Crippen LogP contribution in [0.5, 0.6) is 5.75 Å². The molecule has 3 rings (SSSR count). The zero-order chi connectivity index (χ0) is 21.4. The number of carbonyl (C=O) groups is 1. The molecule has 1 atom stereocenters. The summed E-state index contributed by atoms with van der Waals surface area (Å²) >= 11 is 3.40. The number of aliphatic hydroxyl groups is 1. The summed E-state index contributed by atoms with van der Waals surface area (Å²) in [4.78, 5) is 17.5. The fourth-order valence-corrected chi connectivity index (χ4v) is 3.36. The van der Waals surface area contributed by atoms with Crippen LogP contribution in [0.1, 0.15) is 17.5 Å². The Morgan fingerprint density at radius 2 is 1.97 bits per heavy atom. The molecule has 0 saturated carbocycles. The molecule has 1 aliphatic rings. The molecule has 0 radical (unpaired) electrons. The molecule has 0 aromatic heterocycles. The van der Waals surface area contributed by atoms with Crippen LogP contribution in [0.3, 0.4) is 0 Å². The smallest absolute Gasteiger partial charge is 0.252 e. The molecule has 160 valence electrons. The van der Waals surface area contributed by atoms with E-state index in [1.807, 2.05) is 36.4 Å². The Balaban J connectivity index is 1.81. The van der Waals surface area contributed by atoms with E-state index in [1.165, 1.54) is 0 Å². The normalized spacial score (nSPS) is 17.9. The molecular formula is C22H24BrFN2O4. The van der Waals surface area contributed by atoms with Crippen molar-refractivity contribution in [3.05, 3.63) is 64.1 Å². The monoisotopic (exact) mass is 478 g/mol. The standard InChI is InChI=1S/C22H24BrFN2O4/c23-18-6-2-16(3-7-18)14-22(21(28)25-11-10-24)15-30-20(26-22)17-4-8-19(9-5-17)29-13-1-12-27/h2-9,27H,1,10-15H2,(H,25,28)/t22-/m1/s1. The average molecular weight is 479 g/mol. The summed E-state index contributed by atoms with van der Waals surface area (Å²) in [6.45, 7) is -0.127. The third kappa shape index (κ3) is 5.58. The van der Waals surface area contributed by atoms with Crippen LogP contribution in [0.4, 0.5) is 4.39 Å². The number of hydrogen-bond donors (Lipinski definition) is 2. The van der Waals surface area contributed by atoms with Gasteiger partial charge >= 0.3 is 0 Å². The second kappa shape index (κ2) is 10.5. The van der Waals surface area contributed by atoms with Gasteiger partial charge in [-0.25, -0.2) is 9.38 Å².